The number of hydrogen-bond donors (Lipinski definition) is 3. The molecule has 0 fully saturated rings. The Hall–Kier alpha value is -3.39. The van der Waals surface area contributed by atoms with Gasteiger partial charge in [-0.3, -0.25) is 9.59 Å². The zero-order chi connectivity index (χ0) is 21.4. The van der Waals surface area contributed by atoms with E-state index in [0.29, 0.717) is 22.6 Å². The van der Waals surface area contributed by atoms with Gasteiger partial charge in [0.25, 0.3) is 0 Å². The Labute approximate surface area is 168 Å². The Bertz CT molecular complexity index is 879. The Morgan fingerprint density at radius 1 is 1.14 bits per heavy atom. The summed E-state index contributed by atoms with van der Waals surface area (Å²) in [6.45, 7) is 1.78. The number of carboxylic acids is 1. The third-order valence-electron chi connectivity index (χ3n) is 4.31. The number of benzene rings is 2. The number of hydrogen-bond acceptors (Lipinski definition) is 6. The van der Waals surface area contributed by atoms with E-state index in [9.17, 15) is 14.4 Å². The number of rotatable bonds is 9. The fourth-order valence-electron chi connectivity index (χ4n) is 2.59. The minimum Gasteiger partial charge on any atom is -0.497 e. The van der Waals surface area contributed by atoms with Gasteiger partial charge in [0.15, 0.2) is 0 Å². The molecule has 8 nitrogen and oxygen atoms in total. The number of methoxy groups -OCH3 is 1. The summed E-state index contributed by atoms with van der Waals surface area (Å²) in [4.78, 5) is 35.2. The summed E-state index contributed by atoms with van der Waals surface area (Å²) in [5.41, 5.74) is 7.76. The van der Waals surface area contributed by atoms with E-state index in [1.54, 1.807) is 36.4 Å². The number of carbonyl (C=O) groups excluding carboxylic acids is 2. The summed E-state index contributed by atoms with van der Waals surface area (Å²) in [6, 6.07) is 10.8. The molecule has 8 heteroatoms. The molecule has 2 rings (SSSR count). The number of ether oxygens (including phenoxy) is 2. The molecule has 0 aliphatic carbocycles. The van der Waals surface area contributed by atoms with E-state index in [1.165, 1.54) is 7.11 Å². The smallest absolute Gasteiger partial charge is 0.338 e. The first-order chi connectivity index (χ1) is 13.8. The van der Waals surface area contributed by atoms with E-state index < -0.39 is 18.0 Å². The lowest BCUT2D eigenvalue weighted by Gasteiger charge is -2.15. The van der Waals surface area contributed by atoms with E-state index in [4.69, 9.17) is 20.3 Å². The van der Waals surface area contributed by atoms with Crippen LogP contribution in [0.1, 0.15) is 34.3 Å². The monoisotopic (exact) mass is 400 g/mol. The second kappa shape index (κ2) is 10.2. The van der Waals surface area contributed by atoms with Crippen LogP contribution < -0.4 is 15.8 Å². The van der Waals surface area contributed by atoms with E-state index >= 15 is 0 Å². The molecule has 2 aromatic carbocycles. The zero-order valence-electron chi connectivity index (χ0n) is 16.3. The average molecular weight is 400 g/mol. The molecule has 29 heavy (non-hydrogen) atoms. The van der Waals surface area contributed by atoms with Gasteiger partial charge in [-0.25, -0.2) is 4.79 Å². The quantitative estimate of drug-likeness (QED) is 0.552. The summed E-state index contributed by atoms with van der Waals surface area (Å²) in [7, 11) is 1.54. The SMILES string of the molecule is COc1ccc(C(=O)OCc2cccc(C)c2NC(=O)CC[C@H](N)C(=O)O)cc1. The van der Waals surface area contributed by atoms with Crippen LogP contribution in [0.15, 0.2) is 42.5 Å². The lowest BCUT2D eigenvalue weighted by Crippen LogP contribution is -2.31. The first-order valence-electron chi connectivity index (χ1n) is 8.99. The van der Waals surface area contributed by atoms with Crippen LogP contribution in [0, 0.1) is 6.92 Å². The lowest BCUT2D eigenvalue weighted by molar-refractivity contribution is -0.138. The van der Waals surface area contributed by atoms with Crippen molar-refractivity contribution in [2.24, 2.45) is 5.73 Å². The average Bonchev–Trinajstić information content (AvgIpc) is 2.72. The van der Waals surface area contributed by atoms with Crippen LogP contribution in [-0.2, 0) is 20.9 Å². The summed E-state index contributed by atoms with van der Waals surface area (Å²) in [5, 5.41) is 11.6. The van der Waals surface area contributed by atoms with Gasteiger partial charge < -0.3 is 25.6 Å². The number of amides is 1. The van der Waals surface area contributed by atoms with Crippen molar-refractivity contribution in [2.75, 3.05) is 12.4 Å². The highest BCUT2D eigenvalue weighted by Crippen LogP contribution is 2.22. The summed E-state index contributed by atoms with van der Waals surface area (Å²) in [5.74, 6) is -1.38. The zero-order valence-corrected chi connectivity index (χ0v) is 16.3. The first-order valence-corrected chi connectivity index (χ1v) is 8.99. The third kappa shape index (κ3) is 6.32. The minimum atomic E-state index is -1.15. The molecule has 0 spiro atoms. The molecule has 0 aliphatic rings. The lowest BCUT2D eigenvalue weighted by atomic mass is 10.1. The Morgan fingerprint density at radius 3 is 2.45 bits per heavy atom. The van der Waals surface area contributed by atoms with Gasteiger partial charge in [-0.1, -0.05) is 18.2 Å². The van der Waals surface area contributed by atoms with Crippen LogP contribution in [0.4, 0.5) is 5.69 Å². The largest absolute Gasteiger partial charge is 0.497 e. The predicted octanol–water partition coefficient (Wildman–Crippen LogP) is 2.49. The van der Waals surface area contributed by atoms with Gasteiger partial charge >= 0.3 is 11.9 Å². The maximum Gasteiger partial charge on any atom is 0.338 e. The van der Waals surface area contributed by atoms with Gasteiger partial charge in [0.05, 0.1) is 18.4 Å². The molecule has 0 unspecified atom stereocenters. The second-order valence-corrected chi connectivity index (χ2v) is 6.45. The highest BCUT2D eigenvalue weighted by Gasteiger charge is 2.16. The Morgan fingerprint density at radius 2 is 1.83 bits per heavy atom. The molecule has 4 N–H and O–H groups in total. The third-order valence-corrected chi connectivity index (χ3v) is 4.31. The van der Waals surface area contributed by atoms with Crippen molar-refractivity contribution >= 4 is 23.5 Å². The van der Waals surface area contributed by atoms with Crippen molar-refractivity contribution in [2.45, 2.75) is 32.4 Å². The number of nitrogens with one attached hydrogen (secondary N) is 1. The minimum absolute atomic E-state index is 0.0227. The van der Waals surface area contributed by atoms with E-state index in [-0.39, 0.29) is 25.4 Å². The van der Waals surface area contributed by atoms with Crippen molar-refractivity contribution in [1.29, 1.82) is 0 Å². The maximum absolute atomic E-state index is 12.3. The molecule has 0 bridgehead atoms. The molecule has 0 aliphatic heterocycles. The number of aryl methyl sites for hydroxylation is 1. The van der Waals surface area contributed by atoms with Gasteiger partial charge in [0.2, 0.25) is 5.91 Å². The van der Waals surface area contributed by atoms with Gasteiger partial charge in [0, 0.05) is 12.0 Å². The normalized spacial score (nSPS) is 11.4. The van der Waals surface area contributed by atoms with Crippen LogP contribution in [0.2, 0.25) is 0 Å². The van der Waals surface area contributed by atoms with E-state index in [1.807, 2.05) is 13.0 Å². The van der Waals surface area contributed by atoms with Crippen LogP contribution >= 0.6 is 0 Å². The molecule has 0 saturated heterocycles. The molecule has 1 amide bonds. The summed E-state index contributed by atoms with van der Waals surface area (Å²) in [6.07, 6.45) is -0.0122. The Kier molecular flexibility index (Phi) is 7.73. The summed E-state index contributed by atoms with van der Waals surface area (Å²) < 4.78 is 10.4. The standard InChI is InChI=1S/C21H24N2O6/c1-13-4-3-5-15(19(13)23-18(24)11-10-17(22)20(25)26)12-29-21(27)14-6-8-16(28-2)9-7-14/h3-9,17H,10-12,22H2,1-2H3,(H,23,24)(H,25,26)/t17-/m0/s1. The second-order valence-electron chi connectivity index (χ2n) is 6.45. The topological polar surface area (TPSA) is 128 Å². The van der Waals surface area contributed by atoms with Crippen molar-refractivity contribution in [1.82, 2.24) is 0 Å². The fraction of sp³-hybridized carbons (Fsp3) is 0.286. The molecular formula is C21H24N2O6. The molecule has 0 heterocycles. The first kappa shape index (κ1) is 21.9. The van der Waals surface area contributed by atoms with Crippen LogP contribution in [-0.4, -0.2) is 36.1 Å². The molecule has 0 radical (unpaired) electrons. The highest BCUT2D eigenvalue weighted by atomic mass is 16.5. The number of carbonyl (C=O) groups is 3. The predicted molar refractivity (Wildman–Crippen MR) is 107 cm³/mol. The number of aliphatic carboxylic acids is 1. The maximum atomic E-state index is 12.3. The number of para-hydroxylation sites is 1. The molecule has 0 aromatic heterocycles. The van der Waals surface area contributed by atoms with Gasteiger partial charge in [-0.05, 0) is 43.2 Å². The number of anilines is 1. The van der Waals surface area contributed by atoms with Crippen LogP contribution in [0.3, 0.4) is 0 Å². The number of carboxylic acid groups (broad SMARTS) is 1. The highest BCUT2D eigenvalue weighted by molar-refractivity contribution is 5.93. The van der Waals surface area contributed by atoms with Gasteiger partial charge in [-0.15, -0.1) is 0 Å². The molecular weight excluding hydrogens is 376 g/mol. The van der Waals surface area contributed by atoms with Crippen molar-refractivity contribution in [3.63, 3.8) is 0 Å². The van der Waals surface area contributed by atoms with Crippen molar-refractivity contribution in [3.8, 4) is 5.75 Å². The molecule has 154 valence electrons. The van der Waals surface area contributed by atoms with Crippen molar-refractivity contribution in [3.05, 3.63) is 59.2 Å². The molecule has 1 atom stereocenters. The van der Waals surface area contributed by atoms with Crippen LogP contribution in [0.5, 0.6) is 5.75 Å². The number of nitrogens with two attached hydrogens (primary N) is 1. The number of esters is 1. The van der Waals surface area contributed by atoms with Crippen molar-refractivity contribution < 1.29 is 29.0 Å². The summed E-state index contributed by atoms with van der Waals surface area (Å²) >= 11 is 0. The molecule has 0 saturated carbocycles. The van der Waals surface area contributed by atoms with E-state index in [0.717, 1.165) is 5.56 Å². The fourth-order valence-corrected chi connectivity index (χ4v) is 2.59. The molecule has 2 aromatic rings. The van der Waals surface area contributed by atoms with E-state index in [2.05, 4.69) is 5.32 Å². The Balaban J connectivity index is 2.02. The van der Waals surface area contributed by atoms with Gasteiger partial charge in [0.1, 0.15) is 18.4 Å². The van der Waals surface area contributed by atoms with Crippen LogP contribution in [0.25, 0.3) is 0 Å². The van der Waals surface area contributed by atoms with Gasteiger partial charge in [-0.2, -0.15) is 0 Å².